The fraction of sp³-hybridized carbons (Fsp3) is 0.429. The summed E-state index contributed by atoms with van der Waals surface area (Å²) in [4.78, 5) is 22.5. The number of carboxylic acid groups (broad SMARTS) is 1. The van der Waals surface area contributed by atoms with Gasteiger partial charge in [0.05, 0.1) is 11.7 Å². The Bertz CT molecular complexity index is 607. The second kappa shape index (κ2) is 7.21. The first-order valence-corrected chi connectivity index (χ1v) is 8.40. The molecule has 0 bridgehead atoms. The van der Waals surface area contributed by atoms with Gasteiger partial charge in [0.25, 0.3) is 0 Å². The van der Waals surface area contributed by atoms with Crippen LogP contribution >= 0.6 is 0 Å². The summed E-state index contributed by atoms with van der Waals surface area (Å²) in [5.41, 5.74) is 1.05. The Morgan fingerprint density at radius 2 is 1.81 bits per heavy atom. The Kier molecular flexibility index (Phi) is 5.90. The zero-order chi connectivity index (χ0) is 16.0. The monoisotopic (exact) mass is 313 g/mol. The van der Waals surface area contributed by atoms with Crippen LogP contribution in [0.4, 0.5) is 5.69 Å². The first kappa shape index (κ1) is 17.2. The van der Waals surface area contributed by atoms with Crippen molar-refractivity contribution in [2.24, 2.45) is 0 Å². The van der Waals surface area contributed by atoms with Crippen molar-refractivity contribution < 1.29 is 23.1 Å². The minimum atomic E-state index is -3.37. The van der Waals surface area contributed by atoms with E-state index in [4.69, 9.17) is 5.11 Å². The van der Waals surface area contributed by atoms with Crippen LogP contribution in [0.1, 0.15) is 31.7 Å². The van der Waals surface area contributed by atoms with E-state index in [2.05, 4.69) is 5.32 Å². The highest BCUT2D eigenvalue weighted by atomic mass is 32.2. The van der Waals surface area contributed by atoms with Crippen molar-refractivity contribution in [2.45, 2.75) is 26.2 Å². The normalized spacial score (nSPS) is 12.7. The lowest BCUT2D eigenvalue weighted by Gasteiger charge is -2.09. The SMILES string of the molecule is CCCS(=O)(=O)CC(=O)Nc1ccc(C(C)C(=O)O)cc1. The molecule has 0 aliphatic rings. The summed E-state index contributed by atoms with van der Waals surface area (Å²) in [5.74, 6) is -2.73. The molecule has 0 aromatic heterocycles. The number of rotatable bonds is 7. The molecule has 0 aliphatic heterocycles. The van der Waals surface area contributed by atoms with Crippen molar-refractivity contribution in [2.75, 3.05) is 16.8 Å². The molecule has 1 aromatic rings. The summed E-state index contributed by atoms with van der Waals surface area (Å²) in [6.07, 6.45) is 0.470. The molecule has 0 saturated heterocycles. The van der Waals surface area contributed by atoms with Crippen LogP contribution in [0.2, 0.25) is 0 Å². The molecule has 0 aliphatic carbocycles. The van der Waals surface area contributed by atoms with E-state index in [1.165, 1.54) is 0 Å². The Morgan fingerprint density at radius 3 is 2.29 bits per heavy atom. The maximum Gasteiger partial charge on any atom is 0.310 e. The number of amides is 1. The van der Waals surface area contributed by atoms with Gasteiger partial charge in [-0.2, -0.15) is 0 Å². The lowest BCUT2D eigenvalue weighted by molar-refractivity contribution is -0.138. The molecule has 0 heterocycles. The maximum absolute atomic E-state index is 11.6. The fourth-order valence-electron chi connectivity index (χ4n) is 1.78. The van der Waals surface area contributed by atoms with Gasteiger partial charge in [0.15, 0.2) is 9.84 Å². The molecule has 1 atom stereocenters. The van der Waals surface area contributed by atoms with Crippen molar-refractivity contribution in [3.63, 3.8) is 0 Å². The summed E-state index contributed by atoms with van der Waals surface area (Å²) in [6.45, 7) is 3.30. The third-order valence-electron chi connectivity index (χ3n) is 2.93. The van der Waals surface area contributed by atoms with Crippen LogP contribution in [0.5, 0.6) is 0 Å². The van der Waals surface area contributed by atoms with E-state index in [9.17, 15) is 18.0 Å². The summed E-state index contributed by atoms with van der Waals surface area (Å²) in [5, 5.41) is 11.4. The van der Waals surface area contributed by atoms with Gasteiger partial charge >= 0.3 is 5.97 Å². The molecule has 2 N–H and O–H groups in total. The van der Waals surface area contributed by atoms with Crippen LogP contribution in [0, 0.1) is 0 Å². The average molecular weight is 313 g/mol. The van der Waals surface area contributed by atoms with E-state index < -0.39 is 33.4 Å². The van der Waals surface area contributed by atoms with Crippen molar-refractivity contribution in [1.82, 2.24) is 0 Å². The number of sulfone groups is 1. The van der Waals surface area contributed by atoms with Gasteiger partial charge in [-0.3, -0.25) is 9.59 Å². The lowest BCUT2D eigenvalue weighted by Crippen LogP contribution is -2.24. The molecule has 0 fully saturated rings. The summed E-state index contributed by atoms with van der Waals surface area (Å²) < 4.78 is 23.0. The van der Waals surface area contributed by atoms with E-state index in [-0.39, 0.29) is 5.75 Å². The predicted octanol–water partition coefficient (Wildman–Crippen LogP) is 1.64. The number of hydrogen-bond acceptors (Lipinski definition) is 4. The number of carbonyl (C=O) groups is 2. The molecule has 7 heteroatoms. The van der Waals surface area contributed by atoms with Gasteiger partial charge in [-0.15, -0.1) is 0 Å². The van der Waals surface area contributed by atoms with Crippen LogP contribution in [0.25, 0.3) is 0 Å². The number of benzene rings is 1. The Morgan fingerprint density at radius 1 is 1.24 bits per heavy atom. The highest BCUT2D eigenvalue weighted by molar-refractivity contribution is 7.92. The summed E-state index contributed by atoms with van der Waals surface area (Å²) in [7, 11) is -3.37. The second-order valence-electron chi connectivity index (χ2n) is 4.82. The largest absolute Gasteiger partial charge is 0.481 e. The molecule has 116 valence electrons. The highest BCUT2D eigenvalue weighted by Crippen LogP contribution is 2.18. The van der Waals surface area contributed by atoms with Gasteiger partial charge < -0.3 is 10.4 Å². The van der Waals surface area contributed by atoms with Crippen LogP contribution in [-0.2, 0) is 19.4 Å². The molecule has 0 radical (unpaired) electrons. The zero-order valence-electron chi connectivity index (χ0n) is 12.0. The Balaban J connectivity index is 2.68. The third-order valence-corrected chi connectivity index (χ3v) is 4.66. The quantitative estimate of drug-likeness (QED) is 0.797. The van der Waals surface area contributed by atoms with Gasteiger partial charge in [0.2, 0.25) is 5.91 Å². The number of nitrogens with one attached hydrogen (secondary N) is 1. The molecule has 21 heavy (non-hydrogen) atoms. The van der Waals surface area contributed by atoms with Crippen molar-refractivity contribution in [1.29, 1.82) is 0 Å². The van der Waals surface area contributed by atoms with E-state index in [0.717, 1.165) is 0 Å². The van der Waals surface area contributed by atoms with Gasteiger partial charge in [-0.05, 0) is 31.0 Å². The molecule has 1 aromatic carbocycles. The topological polar surface area (TPSA) is 101 Å². The standard InChI is InChI=1S/C14H19NO5S/c1-3-8-21(19,20)9-13(16)15-12-6-4-11(5-7-12)10(2)14(17)18/h4-7,10H,3,8-9H2,1-2H3,(H,15,16)(H,17,18). The number of anilines is 1. The van der Waals surface area contributed by atoms with Crippen LogP contribution in [0.3, 0.4) is 0 Å². The van der Waals surface area contributed by atoms with E-state index >= 15 is 0 Å². The maximum atomic E-state index is 11.6. The van der Waals surface area contributed by atoms with Crippen molar-refractivity contribution >= 4 is 27.4 Å². The second-order valence-corrected chi connectivity index (χ2v) is 7.01. The number of carboxylic acids is 1. The van der Waals surface area contributed by atoms with E-state index in [1.807, 2.05) is 0 Å². The lowest BCUT2D eigenvalue weighted by atomic mass is 10.0. The van der Waals surface area contributed by atoms with Crippen molar-refractivity contribution in [3.05, 3.63) is 29.8 Å². The van der Waals surface area contributed by atoms with Crippen LogP contribution < -0.4 is 5.32 Å². The number of hydrogen-bond donors (Lipinski definition) is 2. The van der Waals surface area contributed by atoms with E-state index in [1.54, 1.807) is 38.1 Å². The summed E-state index contributed by atoms with van der Waals surface area (Å²) in [6, 6.07) is 6.29. The molecule has 6 nitrogen and oxygen atoms in total. The smallest absolute Gasteiger partial charge is 0.310 e. The Labute approximate surface area is 124 Å². The minimum absolute atomic E-state index is 0.0184. The van der Waals surface area contributed by atoms with Crippen LogP contribution in [0.15, 0.2) is 24.3 Å². The molecule has 1 rings (SSSR count). The first-order chi connectivity index (χ1) is 9.75. The fourth-order valence-corrected chi connectivity index (χ4v) is 3.02. The predicted molar refractivity (Wildman–Crippen MR) is 80.1 cm³/mol. The molecule has 0 saturated carbocycles. The minimum Gasteiger partial charge on any atom is -0.481 e. The molecule has 1 amide bonds. The number of aliphatic carboxylic acids is 1. The highest BCUT2D eigenvalue weighted by Gasteiger charge is 2.16. The van der Waals surface area contributed by atoms with E-state index in [0.29, 0.717) is 17.7 Å². The van der Waals surface area contributed by atoms with Gasteiger partial charge in [-0.25, -0.2) is 8.42 Å². The third kappa shape index (κ3) is 5.55. The average Bonchev–Trinajstić information content (AvgIpc) is 2.37. The van der Waals surface area contributed by atoms with Crippen LogP contribution in [-0.4, -0.2) is 36.9 Å². The molecule has 0 spiro atoms. The van der Waals surface area contributed by atoms with Gasteiger partial charge in [0.1, 0.15) is 5.75 Å². The first-order valence-electron chi connectivity index (χ1n) is 6.58. The van der Waals surface area contributed by atoms with Gasteiger partial charge in [0, 0.05) is 5.69 Å². The number of carbonyl (C=O) groups excluding carboxylic acids is 1. The molecule has 1 unspecified atom stereocenters. The zero-order valence-corrected chi connectivity index (χ0v) is 12.8. The summed E-state index contributed by atoms with van der Waals surface area (Å²) >= 11 is 0. The van der Waals surface area contributed by atoms with Gasteiger partial charge in [-0.1, -0.05) is 19.1 Å². The molecular formula is C14H19NO5S. The van der Waals surface area contributed by atoms with Crippen molar-refractivity contribution in [3.8, 4) is 0 Å². The molecular weight excluding hydrogens is 294 g/mol. The Hall–Kier alpha value is -1.89.